The SMILES string of the molecule is C=C[C@H]1C[C@]1(CC(=O)[C@@H]1C[C@@H]2CN1C(=O)[C@H](C1CCCCC1)CC(=O)N1CCC[C@@H](CCCCc3cc4c(cc(-c5ccccc5)nc4cc3OC)O2)C1)C(=O)NS(=O)(=O)C1CC1. The quantitative estimate of drug-likeness (QED) is 0.203. The highest BCUT2D eigenvalue weighted by molar-refractivity contribution is 7.90. The number of ether oxygens (including phenoxy) is 2. The van der Waals surface area contributed by atoms with Crippen LogP contribution in [0.5, 0.6) is 11.5 Å². The first-order chi connectivity index (χ1) is 30.5. The lowest BCUT2D eigenvalue weighted by Crippen LogP contribution is -2.49. The molecular weight excluding hydrogens is 817 g/mol. The van der Waals surface area contributed by atoms with Gasteiger partial charge in [-0.1, -0.05) is 62.1 Å². The number of ketones is 1. The summed E-state index contributed by atoms with van der Waals surface area (Å²) in [6, 6.07) is 14.9. The second-order valence-electron chi connectivity index (χ2n) is 19.4. The van der Waals surface area contributed by atoms with Gasteiger partial charge >= 0.3 is 0 Å². The Hall–Kier alpha value is -4.78. The summed E-state index contributed by atoms with van der Waals surface area (Å²) in [6.07, 6.45) is 12.9. The lowest BCUT2D eigenvalue weighted by molar-refractivity contribution is -0.147. The number of fused-ring (bicyclic) bond motifs is 5. The molecule has 3 saturated carbocycles. The lowest BCUT2D eigenvalue weighted by atomic mass is 9.77. The Morgan fingerprint density at radius 2 is 1.73 bits per heavy atom. The molecule has 6 atom stereocenters. The second kappa shape index (κ2) is 18.0. The van der Waals surface area contributed by atoms with Crippen LogP contribution in [-0.4, -0.2) is 90.8 Å². The van der Waals surface area contributed by atoms with Crippen LogP contribution >= 0.6 is 0 Å². The molecule has 2 aromatic carbocycles. The van der Waals surface area contributed by atoms with Gasteiger partial charge in [0.15, 0.2) is 5.78 Å². The van der Waals surface area contributed by atoms with Crippen LogP contribution in [0.3, 0.4) is 0 Å². The molecule has 0 radical (unpaired) electrons. The molecule has 336 valence electrons. The first-order valence-electron chi connectivity index (χ1n) is 23.5. The van der Waals surface area contributed by atoms with E-state index in [1.54, 1.807) is 18.1 Å². The van der Waals surface area contributed by atoms with Crippen molar-refractivity contribution in [3.63, 3.8) is 0 Å². The number of aryl methyl sites for hydroxylation is 1. The molecule has 1 aromatic heterocycles. The summed E-state index contributed by atoms with van der Waals surface area (Å²) in [5.74, 6) is -0.457. The molecule has 12 nitrogen and oxygen atoms in total. The normalized spacial score (nSPS) is 28.4. The van der Waals surface area contributed by atoms with E-state index in [4.69, 9.17) is 14.5 Å². The van der Waals surface area contributed by atoms with Gasteiger partial charge in [0.1, 0.15) is 17.6 Å². The Labute approximate surface area is 371 Å². The summed E-state index contributed by atoms with van der Waals surface area (Å²) in [5, 5.41) is 0.210. The summed E-state index contributed by atoms with van der Waals surface area (Å²) in [7, 11) is -2.18. The minimum atomic E-state index is -3.86. The number of piperidine rings is 1. The zero-order chi connectivity index (χ0) is 43.9. The average molecular weight is 879 g/mol. The molecule has 2 saturated heterocycles. The van der Waals surface area contributed by atoms with E-state index in [0.29, 0.717) is 55.2 Å². The Balaban J connectivity index is 1.11. The van der Waals surface area contributed by atoms with Crippen LogP contribution in [0.4, 0.5) is 0 Å². The number of pyridine rings is 1. The van der Waals surface area contributed by atoms with Crippen LogP contribution in [-0.2, 0) is 35.6 Å². The van der Waals surface area contributed by atoms with E-state index in [0.717, 1.165) is 92.9 Å². The molecule has 3 aliphatic carbocycles. The van der Waals surface area contributed by atoms with Crippen LogP contribution in [0, 0.1) is 29.1 Å². The zero-order valence-corrected chi connectivity index (χ0v) is 37.4. The number of carbonyl (C=O) groups is 4. The van der Waals surface area contributed by atoms with Crippen molar-refractivity contribution in [2.45, 2.75) is 127 Å². The lowest BCUT2D eigenvalue weighted by Gasteiger charge is -2.37. The van der Waals surface area contributed by atoms with E-state index in [9.17, 15) is 22.8 Å². The number of hydrogen-bond donors (Lipinski definition) is 1. The molecule has 3 aliphatic heterocycles. The number of allylic oxidation sites excluding steroid dienone is 1. The molecule has 3 amide bonds. The minimum absolute atomic E-state index is 0.00379. The molecule has 9 rings (SSSR count). The maximum absolute atomic E-state index is 15.4. The number of amides is 3. The fourth-order valence-electron chi connectivity index (χ4n) is 11.2. The van der Waals surface area contributed by atoms with Gasteiger partial charge in [0.25, 0.3) is 0 Å². The Morgan fingerprint density at radius 3 is 2.46 bits per heavy atom. The predicted octanol–water partition coefficient (Wildman–Crippen LogP) is 7.57. The van der Waals surface area contributed by atoms with E-state index in [1.165, 1.54) is 0 Å². The molecular formula is C50H62N4O8S. The van der Waals surface area contributed by atoms with Gasteiger partial charge in [-0.3, -0.25) is 23.9 Å². The molecule has 0 unspecified atom stereocenters. The summed E-state index contributed by atoms with van der Waals surface area (Å²) >= 11 is 0. The predicted molar refractivity (Wildman–Crippen MR) is 240 cm³/mol. The fraction of sp³-hybridized carbons (Fsp3) is 0.580. The van der Waals surface area contributed by atoms with Crippen molar-refractivity contribution in [3.8, 4) is 22.8 Å². The van der Waals surface area contributed by atoms with E-state index in [2.05, 4.69) is 17.4 Å². The van der Waals surface area contributed by atoms with E-state index in [1.807, 2.05) is 47.4 Å². The number of Topliss-reactive ketones (excluding diaryl/α,β-unsaturated/α-hetero) is 1. The first kappa shape index (κ1) is 43.5. The summed E-state index contributed by atoms with van der Waals surface area (Å²) in [6.45, 7) is 5.40. The highest BCUT2D eigenvalue weighted by atomic mass is 32.2. The summed E-state index contributed by atoms with van der Waals surface area (Å²) < 4.78 is 41.2. The number of sulfonamides is 1. The van der Waals surface area contributed by atoms with Crippen LogP contribution in [0.25, 0.3) is 22.2 Å². The molecule has 13 heteroatoms. The number of benzene rings is 2. The van der Waals surface area contributed by atoms with Gasteiger partial charge in [0.05, 0.1) is 41.6 Å². The first-order valence-corrected chi connectivity index (χ1v) is 25.0. The number of methoxy groups -OCH3 is 1. The van der Waals surface area contributed by atoms with Crippen molar-refractivity contribution in [2.75, 3.05) is 26.7 Å². The van der Waals surface area contributed by atoms with Crippen LogP contribution in [0.15, 0.2) is 61.2 Å². The van der Waals surface area contributed by atoms with Gasteiger partial charge in [0, 0.05) is 61.4 Å². The molecule has 5 fully saturated rings. The number of nitrogens with zero attached hydrogens (tertiary/aromatic N) is 3. The third-order valence-electron chi connectivity index (χ3n) is 15.1. The minimum Gasteiger partial charge on any atom is -0.496 e. The van der Waals surface area contributed by atoms with Gasteiger partial charge in [-0.05, 0) is 93.6 Å². The molecule has 0 spiro atoms. The summed E-state index contributed by atoms with van der Waals surface area (Å²) in [4.78, 5) is 67.3. The van der Waals surface area contributed by atoms with Gasteiger partial charge in [-0.15, -0.1) is 6.58 Å². The van der Waals surface area contributed by atoms with Crippen molar-refractivity contribution in [2.24, 2.45) is 29.1 Å². The molecule has 4 heterocycles. The van der Waals surface area contributed by atoms with Crippen LogP contribution in [0.1, 0.15) is 108 Å². The zero-order valence-electron chi connectivity index (χ0n) is 36.6. The second-order valence-corrected chi connectivity index (χ2v) is 21.3. The van der Waals surface area contributed by atoms with Gasteiger partial charge in [0.2, 0.25) is 27.7 Å². The summed E-state index contributed by atoms with van der Waals surface area (Å²) in [5.41, 5.74) is 2.09. The maximum atomic E-state index is 15.4. The molecule has 6 bridgehead atoms. The van der Waals surface area contributed by atoms with E-state index < -0.39 is 44.7 Å². The van der Waals surface area contributed by atoms with Gasteiger partial charge < -0.3 is 19.3 Å². The largest absolute Gasteiger partial charge is 0.496 e. The number of hydrogen-bond acceptors (Lipinski definition) is 9. The van der Waals surface area contributed by atoms with Crippen molar-refractivity contribution in [1.82, 2.24) is 19.5 Å². The highest BCUT2D eigenvalue weighted by Gasteiger charge is 2.61. The monoisotopic (exact) mass is 878 g/mol. The topological polar surface area (TPSA) is 152 Å². The fourth-order valence-corrected chi connectivity index (χ4v) is 12.6. The average Bonchev–Trinajstić information content (AvgIpc) is 4.23. The molecule has 1 N–H and O–H groups in total. The number of aromatic nitrogens is 1. The standard InChI is InChI=1S/C50H62N4O8S/c1-3-36-28-50(36,49(58)52-63(59,60)38-20-21-38)29-44(55)43-24-37-31-54(43)48(57)39(33-15-6-4-7-16-33)25-47(56)53-22-12-14-32(30-53)13-10-11-19-35-23-40-42(27-45(35)61-2)51-41(26-46(40)62-37)34-17-8-5-9-18-34/h3,5,8-9,17-18,23,26-27,32-33,36-39,43H,1,4,6-7,10-16,19-22,24-25,28-31H2,2H3,(H,52,58)/t32-,36+,37-,39+,43+,50-/m1/s1. The molecule has 3 aromatic rings. The smallest absolute Gasteiger partial charge is 0.240 e. The van der Waals surface area contributed by atoms with Crippen molar-refractivity contribution >= 4 is 44.4 Å². The van der Waals surface area contributed by atoms with E-state index >= 15 is 4.79 Å². The van der Waals surface area contributed by atoms with E-state index in [-0.39, 0.29) is 55.2 Å². The van der Waals surface area contributed by atoms with Crippen LogP contribution < -0.4 is 14.2 Å². The molecule has 63 heavy (non-hydrogen) atoms. The number of nitrogens with one attached hydrogen (secondary N) is 1. The number of carbonyl (C=O) groups excluding carboxylic acids is 4. The van der Waals surface area contributed by atoms with Gasteiger partial charge in [-0.2, -0.15) is 0 Å². The molecule has 6 aliphatic rings. The number of rotatable bonds is 10. The van der Waals surface area contributed by atoms with Crippen molar-refractivity contribution < 1.29 is 37.1 Å². The highest BCUT2D eigenvalue weighted by Crippen LogP contribution is 2.57. The van der Waals surface area contributed by atoms with Crippen LogP contribution in [0.2, 0.25) is 0 Å². The third kappa shape index (κ3) is 9.13. The Morgan fingerprint density at radius 1 is 0.968 bits per heavy atom. The van der Waals surface area contributed by atoms with Gasteiger partial charge in [-0.25, -0.2) is 13.4 Å². The van der Waals surface area contributed by atoms with Crippen molar-refractivity contribution in [3.05, 3.63) is 66.7 Å². The third-order valence-corrected chi connectivity index (χ3v) is 16.9. The Bertz CT molecular complexity index is 2360. The Kier molecular flexibility index (Phi) is 12.4. The van der Waals surface area contributed by atoms with Crippen molar-refractivity contribution in [1.29, 1.82) is 0 Å². The maximum Gasteiger partial charge on any atom is 0.240 e.